The number of hydrogen-bond donors (Lipinski definition) is 2. The standard InChI is InChI=1S/C13H18N2O4S2/c1-4-11(12(18)20-7-5-14-9(2)16)13(19)21-8-6-15-10(3)17/h1,11H,5-8H2,2-3H3,(H,14,16)(H,15,17). The van der Waals surface area contributed by atoms with Gasteiger partial charge in [0.25, 0.3) is 0 Å². The van der Waals surface area contributed by atoms with E-state index < -0.39 is 16.1 Å². The maximum absolute atomic E-state index is 11.8. The smallest absolute Gasteiger partial charge is 0.216 e. The van der Waals surface area contributed by atoms with E-state index in [1.54, 1.807) is 0 Å². The highest BCUT2D eigenvalue weighted by Crippen LogP contribution is 2.17. The molecule has 0 aliphatic carbocycles. The molecular weight excluding hydrogens is 312 g/mol. The van der Waals surface area contributed by atoms with Gasteiger partial charge in [0.1, 0.15) is 0 Å². The van der Waals surface area contributed by atoms with Crippen molar-refractivity contribution in [3.63, 3.8) is 0 Å². The average molecular weight is 330 g/mol. The minimum absolute atomic E-state index is 0.179. The number of nitrogens with one attached hydrogen (secondary N) is 2. The van der Waals surface area contributed by atoms with Gasteiger partial charge in [-0.3, -0.25) is 19.2 Å². The highest BCUT2D eigenvalue weighted by molar-refractivity contribution is 8.15. The number of carbonyl (C=O) groups excluding carboxylic acids is 4. The summed E-state index contributed by atoms with van der Waals surface area (Å²) in [6, 6.07) is 0. The Bertz CT molecular complexity index is 412. The van der Waals surface area contributed by atoms with Crippen molar-refractivity contribution < 1.29 is 19.2 Å². The molecule has 0 aromatic heterocycles. The SMILES string of the molecule is C#CC(C(=O)SCCNC(C)=O)C(=O)SCCNC(C)=O. The van der Waals surface area contributed by atoms with Crippen molar-refractivity contribution in [2.45, 2.75) is 13.8 Å². The third-order valence-electron chi connectivity index (χ3n) is 2.08. The molecular formula is C13H18N2O4S2. The first kappa shape index (κ1) is 19.5. The molecule has 2 N–H and O–H groups in total. The number of thioether (sulfide) groups is 2. The Morgan fingerprint density at radius 3 is 1.62 bits per heavy atom. The van der Waals surface area contributed by atoms with Gasteiger partial charge in [0, 0.05) is 38.4 Å². The molecule has 2 amide bonds. The van der Waals surface area contributed by atoms with Gasteiger partial charge < -0.3 is 10.6 Å². The van der Waals surface area contributed by atoms with Crippen molar-refractivity contribution in [2.24, 2.45) is 5.92 Å². The molecule has 6 nitrogen and oxygen atoms in total. The van der Waals surface area contributed by atoms with Gasteiger partial charge in [-0.05, 0) is 0 Å². The van der Waals surface area contributed by atoms with E-state index in [-0.39, 0.29) is 11.8 Å². The monoisotopic (exact) mass is 330 g/mol. The first-order valence-electron chi connectivity index (χ1n) is 6.16. The first-order chi connectivity index (χ1) is 9.88. The van der Waals surface area contributed by atoms with E-state index >= 15 is 0 Å². The Morgan fingerprint density at radius 2 is 1.33 bits per heavy atom. The molecule has 0 atom stereocenters. The van der Waals surface area contributed by atoms with E-state index in [2.05, 4.69) is 16.6 Å². The van der Waals surface area contributed by atoms with Gasteiger partial charge in [-0.1, -0.05) is 29.4 Å². The molecule has 0 fully saturated rings. The molecule has 0 spiro atoms. The second kappa shape index (κ2) is 11.2. The van der Waals surface area contributed by atoms with E-state index in [9.17, 15) is 19.2 Å². The number of amides is 2. The third kappa shape index (κ3) is 9.98. The van der Waals surface area contributed by atoms with Crippen LogP contribution in [0.2, 0.25) is 0 Å². The zero-order chi connectivity index (χ0) is 16.3. The van der Waals surface area contributed by atoms with Crippen LogP contribution in [0.4, 0.5) is 0 Å². The molecule has 21 heavy (non-hydrogen) atoms. The van der Waals surface area contributed by atoms with E-state index in [0.717, 1.165) is 23.5 Å². The molecule has 0 aliphatic heterocycles. The largest absolute Gasteiger partial charge is 0.356 e. The van der Waals surface area contributed by atoms with Crippen LogP contribution in [0.25, 0.3) is 0 Å². The fourth-order valence-electron chi connectivity index (χ4n) is 1.16. The summed E-state index contributed by atoms with van der Waals surface area (Å²) in [4.78, 5) is 44.9. The van der Waals surface area contributed by atoms with Crippen LogP contribution in [0.15, 0.2) is 0 Å². The molecule has 0 saturated heterocycles. The van der Waals surface area contributed by atoms with Crippen molar-refractivity contribution in [2.75, 3.05) is 24.6 Å². The number of terminal acetylenes is 1. The van der Waals surface area contributed by atoms with Crippen molar-refractivity contribution in [3.05, 3.63) is 0 Å². The summed E-state index contributed by atoms with van der Waals surface area (Å²) in [5.74, 6) is 1.45. The summed E-state index contributed by atoms with van der Waals surface area (Å²) in [6.45, 7) is 3.44. The minimum Gasteiger partial charge on any atom is -0.356 e. The Hall–Kier alpha value is -1.46. The zero-order valence-electron chi connectivity index (χ0n) is 11.9. The number of rotatable bonds is 8. The van der Waals surface area contributed by atoms with Crippen LogP contribution >= 0.6 is 23.5 Å². The molecule has 8 heteroatoms. The van der Waals surface area contributed by atoms with E-state index in [4.69, 9.17) is 6.42 Å². The van der Waals surface area contributed by atoms with Gasteiger partial charge in [-0.15, -0.1) is 6.42 Å². The summed E-state index contributed by atoms with van der Waals surface area (Å²) in [5.41, 5.74) is 0. The van der Waals surface area contributed by atoms with Crippen LogP contribution in [-0.4, -0.2) is 46.6 Å². The molecule has 0 heterocycles. The molecule has 0 radical (unpaired) electrons. The summed E-state index contributed by atoms with van der Waals surface area (Å²) >= 11 is 1.85. The zero-order valence-corrected chi connectivity index (χ0v) is 13.6. The van der Waals surface area contributed by atoms with Crippen LogP contribution in [0.3, 0.4) is 0 Å². The Kier molecular flexibility index (Phi) is 10.4. The van der Waals surface area contributed by atoms with Crippen molar-refractivity contribution in [3.8, 4) is 12.3 Å². The normalized spacial score (nSPS) is 9.81. The fraction of sp³-hybridized carbons (Fsp3) is 0.538. The van der Waals surface area contributed by atoms with Gasteiger partial charge in [0.05, 0.1) is 0 Å². The molecule has 116 valence electrons. The molecule has 0 aromatic carbocycles. The van der Waals surface area contributed by atoms with Gasteiger partial charge in [0.2, 0.25) is 22.0 Å². The van der Waals surface area contributed by atoms with Crippen molar-refractivity contribution in [1.29, 1.82) is 0 Å². The van der Waals surface area contributed by atoms with Crippen LogP contribution in [0.1, 0.15) is 13.8 Å². The number of carbonyl (C=O) groups is 4. The maximum Gasteiger partial charge on any atom is 0.216 e. The van der Waals surface area contributed by atoms with Crippen LogP contribution in [-0.2, 0) is 19.2 Å². The Labute approximate surface area is 132 Å². The average Bonchev–Trinajstić information content (AvgIpc) is 2.40. The highest BCUT2D eigenvalue weighted by Gasteiger charge is 2.24. The Balaban J connectivity index is 4.08. The predicted octanol–water partition coefficient (Wildman–Crippen LogP) is 0.0276. The number of hydrogen-bond acceptors (Lipinski definition) is 6. The molecule has 0 saturated carbocycles. The molecule has 0 aromatic rings. The molecule has 0 unspecified atom stereocenters. The molecule has 0 bridgehead atoms. The van der Waals surface area contributed by atoms with Crippen LogP contribution in [0, 0.1) is 18.3 Å². The maximum atomic E-state index is 11.8. The summed E-state index contributed by atoms with van der Waals surface area (Å²) in [6.07, 6.45) is 5.22. The summed E-state index contributed by atoms with van der Waals surface area (Å²) in [7, 11) is 0. The van der Waals surface area contributed by atoms with Gasteiger partial charge in [-0.25, -0.2) is 0 Å². The lowest BCUT2D eigenvalue weighted by Crippen LogP contribution is -2.25. The first-order valence-corrected chi connectivity index (χ1v) is 8.14. The van der Waals surface area contributed by atoms with E-state index in [1.807, 2.05) is 0 Å². The second-order valence-corrected chi connectivity index (χ2v) is 6.10. The minimum atomic E-state index is -1.10. The van der Waals surface area contributed by atoms with E-state index in [1.165, 1.54) is 13.8 Å². The quantitative estimate of drug-likeness (QED) is 0.370. The summed E-state index contributed by atoms with van der Waals surface area (Å²) in [5, 5.41) is 4.29. The van der Waals surface area contributed by atoms with Crippen molar-refractivity contribution >= 4 is 45.6 Å². The molecule has 0 aliphatic rings. The topological polar surface area (TPSA) is 92.3 Å². The van der Waals surface area contributed by atoms with Crippen LogP contribution < -0.4 is 10.6 Å². The van der Waals surface area contributed by atoms with E-state index in [0.29, 0.717) is 24.6 Å². The van der Waals surface area contributed by atoms with Crippen molar-refractivity contribution in [1.82, 2.24) is 10.6 Å². The lowest BCUT2D eigenvalue weighted by molar-refractivity contribution is -0.121. The summed E-state index contributed by atoms with van der Waals surface area (Å²) < 4.78 is 0. The van der Waals surface area contributed by atoms with Gasteiger partial charge in [0.15, 0.2) is 5.92 Å². The Morgan fingerprint density at radius 1 is 0.952 bits per heavy atom. The van der Waals surface area contributed by atoms with Gasteiger partial charge >= 0.3 is 0 Å². The lowest BCUT2D eigenvalue weighted by Gasteiger charge is -2.08. The molecule has 0 rings (SSSR count). The lowest BCUT2D eigenvalue weighted by atomic mass is 10.2. The van der Waals surface area contributed by atoms with Crippen LogP contribution in [0.5, 0.6) is 0 Å². The third-order valence-corrected chi connectivity index (χ3v) is 3.94. The van der Waals surface area contributed by atoms with Gasteiger partial charge in [-0.2, -0.15) is 0 Å². The fourth-order valence-corrected chi connectivity index (χ4v) is 2.73. The highest BCUT2D eigenvalue weighted by atomic mass is 32.2. The second-order valence-electron chi connectivity index (χ2n) is 3.90. The predicted molar refractivity (Wildman–Crippen MR) is 84.6 cm³/mol.